The molecule has 0 aromatic carbocycles. The zero-order chi connectivity index (χ0) is 11.0. The molecule has 3 heterocycles. The van der Waals surface area contributed by atoms with Gasteiger partial charge in [-0.05, 0) is 18.2 Å². The van der Waals surface area contributed by atoms with Crippen LogP contribution in [0.3, 0.4) is 0 Å². The zero-order valence-electron chi connectivity index (χ0n) is 8.66. The van der Waals surface area contributed by atoms with Crippen molar-refractivity contribution in [3.63, 3.8) is 0 Å². The summed E-state index contributed by atoms with van der Waals surface area (Å²) in [6, 6.07) is 7.60. The molecule has 1 aliphatic rings. The predicted octanol–water partition coefficient (Wildman–Crippen LogP) is 1.36. The first kappa shape index (κ1) is 9.15. The number of hydrogen-bond acceptors (Lipinski definition) is 2. The van der Waals surface area contributed by atoms with Crippen LogP contribution in [0.4, 0.5) is 0 Å². The summed E-state index contributed by atoms with van der Waals surface area (Å²) in [5.41, 5.74) is 3.52. The molecule has 2 aromatic rings. The van der Waals surface area contributed by atoms with Gasteiger partial charge in [-0.25, -0.2) is 0 Å². The van der Waals surface area contributed by atoms with E-state index in [0.717, 1.165) is 29.1 Å². The van der Waals surface area contributed by atoms with E-state index in [2.05, 4.69) is 15.3 Å². The highest BCUT2D eigenvalue weighted by atomic mass is 16.1. The minimum absolute atomic E-state index is 0.000295. The molecule has 0 spiro atoms. The number of H-pyrrole nitrogens is 1. The van der Waals surface area contributed by atoms with E-state index in [9.17, 15) is 4.79 Å². The van der Waals surface area contributed by atoms with Gasteiger partial charge in [0, 0.05) is 24.9 Å². The third kappa shape index (κ3) is 1.39. The molecule has 80 valence electrons. The maximum Gasteiger partial charge on any atom is 0.253 e. The maximum atomic E-state index is 11.6. The quantitative estimate of drug-likeness (QED) is 0.751. The Kier molecular flexibility index (Phi) is 1.99. The average molecular weight is 213 g/mol. The van der Waals surface area contributed by atoms with Gasteiger partial charge < -0.3 is 10.3 Å². The molecule has 0 saturated heterocycles. The second kappa shape index (κ2) is 3.48. The number of rotatable bonds is 1. The third-order valence-electron chi connectivity index (χ3n) is 2.75. The van der Waals surface area contributed by atoms with Crippen molar-refractivity contribution in [2.45, 2.75) is 6.42 Å². The number of fused-ring (bicyclic) bond motifs is 1. The molecule has 0 aliphatic carbocycles. The third-order valence-corrected chi connectivity index (χ3v) is 2.75. The van der Waals surface area contributed by atoms with Crippen molar-refractivity contribution in [3.8, 4) is 11.4 Å². The van der Waals surface area contributed by atoms with Gasteiger partial charge >= 0.3 is 0 Å². The smallest absolute Gasteiger partial charge is 0.253 e. The topological polar surface area (TPSA) is 57.8 Å². The van der Waals surface area contributed by atoms with Crippen LogP contribution >= 0.6 is 0 Å². The molecule has 0 unspecified atom stereocenters. The molecule has 0 fully saturated rings. The zero-order valence-corrected chi connectivity index (χ0v) is 8.66. The van der Waals surface area contributed by atoms with E-state index in [1.165, 1.54) is 0 Å². The Balaban J connectivity index is 2.08. The molecular weight excluding hydrogens is 202 g/mol. The second-order valence-corrected chi connectivity index (χ2v) is 3.80. The summed E-state index contributed by atoms with van der Waals surface area (Å²) in [6.45, 7) is 0.702. The minimum Gasteiger partial charge on any atom is -0.356 e. The maximum absolute atomic E-state index is 11.6. The molecule has 0 saturated carbocycles. The molecule has 3 rings (SSSR count). The number of carbonyl (C=O) groups is 1. The van der Waals surface area contributed by atoms with Gasteiger partial charge in [-0.1, -0.05) is 6.07 Å². The number of aromatic nitrogens is 2. The monoisotopic (exact) mass is 213 g/mol. The molecule has 1 amide bonds. The van der Waals surface area contributed by atoms with Crippen LogP contribution in [-0.2, 0) is 6.42 Å². The largest absolute Gasteiger partial charge is 0.356 e. The van der Waals surface area contributed by atoms with Gasteiger partial charge in [0.15, 0.2) is 0 Å². The number of hydrogen-bond donors (Lipinski definition) is 2. The fourth-order valence-electron chi connectivity index (χ4n) is 1.95. The number of nitrogens with zero attached hydrogens (tertiary/aromatic N) is 1. The Hall–Kier alpha value is -2.10. The van der Waals surface area contributed by atoms with Crippen LogP contribution in [0.1, 0.15) is 16.1 Å². The minimum atomic E-state index is -0.000295. The van der Waals surface area contributed by atoms with Crippen molar-refractivity contribution >= 4 is 5.91 Å². The van der Waals surface area contributed by atoms with Crippen molar-refractivity contribution < 1.29 is 4.79 Å². The highest BCUT2D eigenvalue weighted by Gasteiger charge is 2.19. The summed E-state index contributed by atoms with van der Waals surface area (Å²) in [6.07, 6.45) is 2.60. The van der Waals surface area contributed by atoms with E-state index >= 15 is 0 Å². The summed E-state index contributed by atoms with van der Waals surface area (Å²) < 4.78 is 0. The van der Waals surface area contributed by atoms with Gasteiger partial charge in [-0.15, -0.1) is 0 Å². The SMILES string of the molecule is O=C1NCCc2[nH]c(-c3ccccn3)cc21. The van der Waals surface area contributed by atoms with Crippen molar-refractivity contribution in [1.29, 1.82) is 0 Å². The standard InChI is InChI=1S/C12H11N3O/c16-12-8-7-11(10-3-1-2-5-13-10)15-9(8)4-6-14-12/h1-3,5,7,15H,4,6H2,(H,14,16). The van der Waals surface area contributed by atoms with Crippen LogP contribution < -0.4 is 5.32 Å². The lowest BCUT2D eigenvalue weighted by molar-refractivity contribution is 0.0946. The Morgan fingerprint density at radius 3 is 3.00 bits per heavy atom. The molecule has 0 radical (unpaired) electrons. The van der Waals surface area contributed by atoms with Crippen LogP contribution in [0.2, 0.25) is 0 Å². The summed E-state index contributed by atoms with van der Waals surface area (Å²) in [7, 11) is 0. The summed E-state index contributed by atoms with van der Waals surface area (Å²) >= 11 is 0. The van der Waals surface area contributed by atoms with E-state index in [-0.39, 0.29) is 5.91 Å². The Bertz CT molecular complexity index is 530. The van der Waals surface area contributed by atoms with Crippen LogP contribution in [-0.4, -0.2) is 22.4 Å². The molecule has 4 heteroatoms. The number of pyridine rings is 1. The number of aromatic amines is 1. The molecule has 2 aromatic heterocycles. The molecule has 2 N–H and O–H groups in total. The van der Waals surface area contributed by atoms with Gasteiger partial charge in [-0.2, -0.15) is 0 Å². The normalized spacial score (nSPS) is 14.4. The molecule has 0 atom stereocenters. The first-order chi connectivity index (χ1) is 7.84. The summed E-state index contributed by atoms with van der Waals surface area (Å²) in [5, 5.41) is 2.82. The Labute approximate surface area is 92.7 Å². The van der Waals surface area contributed by atoms with Crippen molar-refractivity contribution in [2.75, 3.05) is 6.54 Å². The van der Waals surface area contributed by atoms with Gasteiger partial charge in [0.2, 0.25) is 0 Å². The van der Waals surface area contributed by atoms with Crippen molar-refractivity contribution in [3.05, 3.63) is 41.7 Å². The first-order valence-electron chi connectivity index (χ1n) is 5.26. The van der Waals surface area contributed by atoms with E-state index < -0.39 is 0 Å². The van der Waals surface area contributed by atoms with E-state index in [1.807, 2.05) is 24.3 Å². The van der Waals surface area contributed by atoms with Gasteiger partial charge in [-0.3, -0.25) is 9.78 Å². The van der Waals surface area contributed by atoms with Crippen molar-refractivity contribution in [2.24, 2.45) is 0 Å². The first-order valence-corrected chi connectivity index (χ1v) is 5.26. The number of carbonyl (C=O) groups excluding carboxylic acids is 1. The molecule has 1 aliphatic heterocycles. The van der Waals surface area contributed by atoms with Crippen molar-refractivity contribution in [1.82, 2.24) is 15.3 Å². The Morgan fingerprint density at radius 1 is 1.31 bits per heavy atom. The predicted molar refractivity (Wildman–Crippen MR) is 60.1 cm³/mol. The average Bonchev–Trinajstić information content (AvgIpc) is 2.76. The molecule has 0 bridgehead atoms. The van der Waals surface area contributed by atoms with Crippen LogP contribution in [0, 0.1) is 0 Å². The van der Waals surface area contributed by atoms with E-state index in [1.54, 1.807) is 6.20 Å². The summed E-state index contributed by atoms with van der Waals surface area (Å²) in [4.78, 5) is 19.1. The fourth-order valence-corrected chi connectivity index (χ4v) is 1.95. The molecule has 16 heavy (non-hydrogen) atoms. The second-order valence-electron chi connectivity index (χ2n) is 3.80. The van der Waals surface area contributed by atoms with E-state index in [4.69, 9.17) is 0 Å². The highest BCUT2D eigenvalue weighted by Crippen LogP contribution is 2.21. The van der Waals surface area contributed by atoms with E-state index in [0.29, 0.717) is 6.54 Å². The van der Waals surface area contributed by atoms with Crippen LogP contribution in [0.15, 0.2) is 30.5 Å². The van der Waals surface area contributed by atoms with Gasteiger partial charge in [0.05, 0.1) is 17.0 Å². The summed E-state index contributed by atoms with van der Waals surface area (Å²) in [5.74, 6) is -0.000295. The molecular formula is C12H11N3O. The number of nitrogens with one attached hydrogen (secondary N) is 2. The van der Waals surface area contributed by atoms with Crippen LogP contribution in [0.5, 0.6) is 0 Å². The molecule has 4 nitrogen and oxygen atoms in total. The fraction of sp³-hybridized carbons (Fsp3) is 0.167. The lowest BCUT2D eigenvalue weighted by Crippen LogP contribution is -2.31. The van der Waals surface area contributed by atoms with Gasteiger partial charge in [0.1, 0.15) is 0 Å². The van der Waals surface area contributed by atoms with Gasteiger partial charge in [0.25, 0.3) is 5.91 Å². The Morgan fingerprint density at radius 2 is 2.25 bits per heavy atom. The number of amides is 1. The lowest BCUT2D eigenvalue weighted by Gasteiger charge is -2.10. The van der Waals surface area contributed by atoms with Crippen LogP contribution in [0.25, 0.3) is 11.4 Å². The lowest BCUT2D eigenvalue weighted by atomic mass is 10.1. The highest BCUT2D eigenvalue weighted by molar-refractivity contribution is 5.97.